The Morgan fingerprint density at radius 3 is 2.76 bits per heavy atom. The second kappa shape index (κ2) is 10.9. The summed E-state index contributed by atoms with van der Waals surface area (Å²) in [7, 11) is 0. The Kier molecular flexibility index (Phi) is 8.26. The summed E-state index contributed by atoms with van der Waals surface area (Å²) in [5.41, 5.74) is 0.462. The Morgan fingerprint density at radius 2 is 2.03 bits per heavy atom. The molecular weight excluding hydrogens is 390 g/mol. The zero-order valence-corrected chi connectivity index (χ0v) is 18.4. The molecule has 2 fully saturated rings. The van der Waals surface area contributed by atoms with Crippen LogP contribution in [-0.2, 0) is 9.53 Å². The summed E-state index contributed by atoms with van der Waals surface area (Å²) in [6, 6.07) is 0. The van der Waals surface area contributed by atoms with Crippen molar-refractivity contribution < 1.29 is 14.3 Å². The average molecular weight is 424 g/mol. The highest BCUT2D eigenvalue weighted by atomic mass is 32.1. The van der Waals surface area contributed by atoms with Gasteiger partial charge in [0, 0.05) is 57.7 Å². The predicted octanol–water partition coefficient (Wildman–Crippen LogP) is 1.29. The molecule has 29 heavy (non-hydrogen) atoms. The van der Waals surface area contributed by atoms with Gasteiger partial charge in [0.2, 0.25) is 5.91 Å². The first kappa shape index (κ1) is 22.0. The van der Waals surface area contributed by atoms with Gasteiger partial charge in [-0.3, -0.25) is 14.5 Å². The van der Waals surface area contributed by atoms with Crippen LogP contribution in [0, 0.1) is 5.92 Å². The van der Waals surface area contributed by atoms with E-state index in [4.69, 9.17) is 4.74 Å². The van der Waals surface area contributed by atoms with E-state index < -0.39 is 0 Å². The molecule has 2 amide bonds. The Labute approximate surface area is 177 Å². The van der Waals surface area contributed by atoms with E-state index in [0.29, 0.717) is 18.8 Å². The van der Waals surface area contributed by atoms with E-state index in [2.05, 4.69) is 20.1 Å². The van der Waals surface area contributed by atoms with Gasteiger partial charge in [-0.1, -0.05) is 0 Å². The van der Waals surface area contributed by atoms with Crippen molar-refractivity contribution in [1.82, 2.24) is 20.1 Å². The van der Waals surface area contributed by atoms with E-state index in [0.717, 1.165) is 70.5 Å². The smallest absolute Gasteiger partial charge is 0.270 e. The number of piperidine rings is 1. The Hall–Kier alpha value is -1.71. The van der Waals surface area contributed by atoms with Crippen molar-refractivity contribution in [1.29, 1.82) is 0 Å². The van der Waals surface area contributed by atoms with Gasteiger partial charge in [0.15, 0.2) is 5.13 Å². The molecule has 0 bridgehead atoms. The van der Waals surface area contributed by atoms with Crippen molar-refractivity contribution in [2.75, 3.05) is 70.5 Å². The summed E-state index contributed by atoms with van der Waals surface area (Å²) in [5, 5.41) is 5.61. The molecule has 8 nitrogen and oxygen atoms in total. The number of rotatable bonds is 8. The topological polar surface area (TPSA) is 78.0 Å². The molecule has 1 aromatic rings. The minimum Gasteiger partial charge on any atom is -0.379 e. The number of morpholine rings is 1. The number of nitrogens with one attached hydrogen (secondary N) is 1. The van der Waals surface area contributed by atoms with Gasteiger partial charge in [-0.15, -0.1) is 11.3 Å². The van der Waals surface area contributed by atoms with Crippen molar-refractivity contribution in [2.45, 2.75) is 26.7 Å². The molecule has 3 rings (SSSR count). The maximum atomic E-state index is 12.7. The lowest BCUT2D eigenvalue weighted by Crippen LogP contribution is -2.45. The van der Waals surface area contributed by atoms with Gasteiger partial charge in [0.25, 0.3) is 5.91 Å². The van der Waals surface area contributed by atoms with Gasteiger partial charge in [-0.05, 0) is 26.7 Å². The largest absolute Gasteiger partial charge is 0.379 e. The second-order valence-corrected chi connectivity index (χ2v) is 8.36. The van der Waals surface area contributed by atoms with Crippen LogP contribution in [0.4, 0.5) is 5.13 Å². The zero-order valence-electron chi connectivity index (χ0n) is 17.6. The second-order valence-electron chi connectivity index (χ2n) is 7.52. The SMILES string of the molecule is CCN(CC)C(=O)C1CCCN(c2nc(C(=O)NCCN3CCOCC3)cs2)C1. The number of carbonyl (C=O) groups excluding carboxylic acids is 2. The summed E-state index contributed by atoms with van der Waals surface area (Å²) in [6.45, 7) is 11.9. The number of hydrogen-bond donors (Lipinski definition) is 1. The van der Waals surface area contributed by atoms with Gasteiger partial charge >= 0.3 is 0 Å². The van der Waals surface area contributed by atoms with Crippen LogP contribution in [0.3, 0.4) is 0 Å². The minimum absolute atomic E-state index is 0.0124. The Bertz CT molecular complexity index is 673. The molecule has 2 aliphatic rings. The lowest BCUT2D eigenvalue weighted by Gasteiger charge is -2.34. The van der Waals surface area contributed by atoms with E-state index >= 15 is 0 Å². The van der Waals surface area contributed by atoms with Gasteiger partial charge in [0.05, 0.1) is 19.1 Å². The molecule has 2 saturated heterocycles. The maximum Gasteiger partial charge on any atom is 0.270 e. The molecule has 0 radical (unpaired) electrons. The highest BCUT2D eigenvalue weighted by Gasteiger charge is 2.29. The first-order valence-corrected chi connectivity index (χ1v) is 11.6. The molecule has 1 N–H and O–H groups in total. The number of thiazole rings is 1. The van der Waals surface area contributed by atoms with Crippen LogP contribution in [-0.4, -0.2) is 92.2 Å². The van der Waals surface area contributed by atoms with Gasteiger partial charge in [-0.2, -0.15) is 0 Å². The molecule has 0 saturated carbocycles. The van der Waals surface area contributed by atoms with E-state index in [9.17, 15) is 9.59 Å². The molecule has 9 heteroatoms. The summed E-state index contributed by atoms with van der Waals surface area (Å²) in [6.07, 6.45) is 1.89. The lowest BCUT2D eigenvalue weighted by atomic mass is 9.97. The van der Waals surface area contributed by atoms with E-state index in [1.807, 2.05) is 24.1 Å². The summed E-state index contributed by atoms with van der Waals surface area (Å²) in [4.78, 5) is 36.0. The van der Waals surface area contributed by atoms with E-state index in [1.54, 1.807) is 0 Å². The number of ether oxygens (including phenoxy) is 1. The molecule has 2 aliphatic heterocycles. The molecule has 0 spiro atoms. The van der Waals surface area contributed by atoms with E-state index in [-0.39, 0.29) is 17.7 Å². The number of aromatic nitrogens is 1. The van der Waals surface area contributed by atoms with Crippen LogP contribution in [0.1, 0.15) is 37.2 Å². The predicted molar refractivity (Wildman–Crippen MR) is 115 cm³/mol. The molecule has 0 aromatic carbocycles. The quantitative estimate of drug-likeness (QED) is 0.679. The van der Waals surface area contributed by atoms with E-state index in [1.165, 1.54) is 11.3 Å². The van der Waals surface area contributed by atoms with Crippen LogP contribution in [0.15, 0.2) is 5.38 Å². The van der Waals surface area contributed by atoms with Crippen LogP contribution in [0.25, 0.3) is 0 Å². The first-order chi connectivity index (χ1) is 14.1. The average Bonchev–Trinajstić information content (AvgIpc) is 3.26. The minimum atomic E-state index is -0.131. The highest BCUT2D eigenvalue weighted by Crippen LogP contribution is 2.27. The number of amides is 2. The normalized spacial score (nSPS) is 20.5. The first-order valence-electron chi connectivity index (χ1n) is 10.7. The molecule has 1 unspecified atom stereocenters. The standard InChI is InChI=1S/C20H33N5O3S/c1-3-24(4-2)19(27)16-6-5-8-25(14-16)20-22-17(15-29-20)18(26)21-7-9-23-10-12-28-13-11-23/h15-16H,3-14H2,1-2H3,(H,21,26). The molecule has 3 heterocycles. The monoisotopic (exact) mass is 423 g/mol. The molecular formula is C20H33N5O3S. The Morgan fingerprint density at radius 1 is 1.28 bits per heavy atom. The fourth-order valence-electron chi connectivity index (χ4n) is 3.90. The number of anilines is 1. The zero-order chi connectivity index (χ0) is 20.6. The molecule has 162 valence electrons. The van der Waals surface area contributed by atoms with Gasteiger partial charge < -0.3 is 19.9 Å². The van der Waals surface area contributed by atoms with Crippen LogP contribution in [0.2, 0.25) is 0 Å². The number of nitrogens with zero attached hydrogens (tertiary/aromatic N) is 4. The maximum absolute atomic E-state index is 12.7. The molecule has 1 atom stereocenters. The fourth-order valence-corrected chi connectivity index (χ4v) is 4.75. The third kappa shape index (κ3) is 5.90. The van der Waals surface area contributed by atoms with Gasteiger partial charge in [-0.25, -0.2) is 4.98 Å². The third-order valence-corrected chi connectivity index (χ3v) is 6.56. The van der Waals surface area contributed by atoms with Crippen LogP contribution in [0.5, 0.6) is 0 Å². The summed E-state index contributed by atoms with van der Waals surface area (Å²) < 4.78 is 5.34. The Balaban J connectivity index is 1.50. The molecule has 1 aromatic heterocycles. The summed E-state index contributed by atoms with van der Waals surface area (Å²) in [5.74, 6) is 0.115. The van der Waals surface area contributed by atoms with Crippen molar-refractivity contribution >= 4 is 28.3 Å². The van der Waals surface area contributed by atoms with Crippen molar-refractivity contribution in [3.8, 4) is 0 Å². The van der Waals surface area contributed by atoms with Crippen LogP contribution >= 0.6 is 11.3 Å². The van der Waals surface area contributed by atoms with Crippen molar-refractivity contribution in [2.24, 2.45) is 5.92 Å². The summed E-state index contributed by atoms with van der Waals surface area (Å²) >= 11 is 1.48. The molecule has 0 aliphatic carbocycles. The number of hydrogen-bond acceptors (Lipinski definition) is 7. The highest BCUT2D eigenvalue weighted by molar-refractivity contribution is 7.13. The van der Waals surface area contributed by atoms with Crippen LogP contribution < -0.4 is 10.2 Å². The third-order valence-electron chi connectivity index (χ3n) is 5.66. The number of carbonyl (C=O) groups is 2. The van der Waals surface area contributed by atoms with Gasteiger partial charge in [0.1, 0.15) is 5.69 Å². The lowest BCUT2D eigenvalue weighted by molar-refractivity contribution is -0.135. The fraction of sp³-hybridized carbons (Fsp3) is 0.750. The van der Waals surface area contributed by atoms with Crippen molar-refractivity contribution in [3.63, 3.8) is 0 Å². The van der Waals surface area contributed by atoms with Crippen molar-refractivity contribution in [3.05, 3.63) is 11.1 Å².